The van der Waals surface area contributed by atoms with Crippen LogP contribution >= 0.6 is 0 Å². The highest BCUT2D eigenvalue weighted by atomic mass is 16.5. The van der Waals surface area contributed by atoms with Gasteiger partial charge in [0.2, 0.25) is 0 Å². The van der Waals surface area contributed by atoms with Gasteiger partial charge in [-0.05, 0) is 31.2 Å². The predicted molar refractivity (Wildman–Crippen MR) is 72.5 cm³/mol. The number of carbonyl (C=O) groups is 1. The molecule has 0 saturated heterocycles. The minimum atomic E-state index is 0.0933. The van der Waals surface area contributed by atoms with Crippen molar-refractivity contribution in [2.24, 2.45) is 0 Å². The highest BCUT2D eigenvalue weighted by molar-refractivity contribution is 6.09. The van der Waals surface area contributed by atoms with E-state index in [-0.39, 0.29) is 5.78 Å². The van der Waals surface area contributed by atoms with Crippen molar-refractivity contribution in [1.29, 1.82) is 0 Å². The summed E-state index contributed by atoms with van der Waals surface area (Å²) in [6.45, 7) is 5.13. The summed E-state index contributed by atoms with van der Waals surface area (Å²) in [4.78, 5) is 15.2. The van der Waals surface area contributed by atoms with E-state index in [2.05, 4.69) is 10.3 Å². The van der Waals surface area contributed by atoms with E-state index in [1.165, 1.54) is 0 Å². The molecule has 2 rings (SSSR count). The molecule has 2 aromatic rings. The fraction of sp³-hybridized carbons (Fsp3) is 0.357. The highest BCUT2D eigenvalue weighted by Gasteiger charge is 2.13. The van der Waals surface area contributed by atoms with Crippen LogP contribution in [0.3, 0.4) is 0 Å². The van der Waals surface area contributed by atoms with Gasteiger partial charge in [0.15, 0.2) is 5.78 Å². The second-order valence-corrected chi connectivity index (χ2v) is 4.27. The Kier molecular flexibility index (Phi) is 3.67. The summed E-state index contributed by atoms with van der Waals surface area (Å²) < 4.78 is 5.25. The Labute approximate surface area is 106 Å². The van der Waals surface area contributed by atoms with Crippen molar-refractivity contribution < 1.29 is 9.53 Å². The zero-order chi connectivity index (χ0) is 13.1. The number of Topliss-reactive ketones (excluding diaryl/α,β-unsaturated/α-hetero) is 1. The first-order valence-corrected chi connectivity index (χ1v) is 6.07. The minimum absolute atomic E-state index is 0.0933. The molecule has 0 radical (unpaired) electrons. The van der Waals surface area contributed by atoms with E-state index < -0.39 is 0 Å². The van der Waals surface area contributed by atoms with Gasteiger partial charge in [-0.25, -0.2) is 0 Å². The van der Waals surface area contributed by atoms with Gasteiger partial charge in [-0.15, -0.1) is 0 Å². The molecule has 0 fully saturated rings. The van der Waals surface area contributed by atoms with Crippen LogP contribution in [0.25, 0.3) is 10.9 Å². The van der Waals surface area contributed by atoms with E-state index in [1.54, 1.807) is 13.3 Å². The number of hydrogen-bond donors (Lipinski definition) is 2. The van der Waals surface area contributed by atoms with Gasteiger partial charge < -0.3 is 15.0 Å². The van der Waals surface area contributed by atoms with E-state index in [0.717, 1.165) is 28.8 Å². The van der Waals surface area contributed by atoms with Crippen LogP contribution in [0, 0.1) is 6.92 Å². The number of benzene rings is 1. The number of likely N-dealkylation sites (N-methyl/N-ethyl adjacent to an activating group) is 1. The number of carbonyl (C=O) groups excluding carboxylic acids is 1. The van der Waals surface area contributed by atoms with Gasteiger partial charge in [-0.2, -0.15) is 0 Å². The highest BCUT2D eigenvalue weighted by Crippen LogP contribution is 2.27. The molecule has 0 aliphatic heterocycles. The predicted octanol–water partition coefficient (Wildman–Crippen LogP) is 2.28. The number of H-pyrrole nitrogens is 1. The average molecular weight is 246 g/mol. The average Bonchev–Trinajstić information content (AvgIpc) is 2.80. The molecule has 0 spiro atoms. The smallest absolute Gasteiger partial charge is 0.178 e. The summed E-state index contributed by atoms with van der Waals surface area (Å²) in [5, 5.41) is 3.98. The zero-order valence-electron chi connectivity index (χ0n) is 11.0. The summed E-state index contributed by atoms with van der Waals surface area (Å²) in [6.07, 6.45) is 1.77. The summed E-state index contributed by atoms with van der Waals surface area (Å²) >= 11 is 0. The van der Waals surface area contributed by atoms with Crippen molar-refractivity contribution in [3.05, 3.63) is 29.5 Å². The Morgan fingerprint density at radius 2 is 2.22 bits per heavy atom. The van der Waals surface area contributed by atoms with Crippen molar-refractivity contribution in [3.63, 3.8) is 0 Å². The van der Waals surface area contributed by atoms with E-state index in [4.69, 9.17) is 4.74 Å². The lowest BCUT2D eigenvalue weighted by Gasteiger charge is -2.04. The largest absolute Gasteiger partial charge is 0.497 e. The summed E-state index contributed by atoms with van der Waals surface area (Å²) in [7, 11) is 1.63. The maximum atomic E-state index is 12.1. The van der Waals surface area contributed by atoms with Crippen molar-refractivity contribution >= 4 is 16.7 Å². The standard InChI is InChI=1S/C14H18N2O2/c1-4-15-8-13(17)12-7-16-14-9(2)5-10(18-3)6-11(12)14/h5-7,15-16H,4,8H2,1-3H3. The van der Waals surface area contributed by atoms with Crippen LogP contribution in [0.5, 0.6) is 5.75 Å². The van der Waals surface area contributed by atoms with E-state index in [0.29, 0.717) is 12.1 Å². The van der Waals surface area contributed by atoms with Gasteiger partial charge in [0, 0.05) is 22.7 Å². The zero-order valence-corrected chi connectivity index (χ0v) is 11.0. The fourth-order valence-electron chi connectivity index (χ4n) is 2.06. The van der Waals surface area contributed by atoms with Gasteiger partial charge in [0.1, 0.15) is 5.75 Å². The molecule has 4 nitrogen and oxygen atoms in total. The molecule has 18 heavy (non-hydrogen) atoms. The molecule has 0 aliphatic carbocycles. The molecule has 0 amide bonds. The molecule has 0 bridgehead atoms. The summed E-state index contributed by atoms with van der Waals surface area (Å²) in [6, 6.07) is 3.86. The normalized spacial score (nSPS) is 10.8. The molecule has 96 valence electrons. The van der Waals surface area contributed by atoms with Gasteiger partial charge in [-0.3, -0.25) is 4.79 Å². The van der Waals surface area contributed by atoms with E-state index in [9.17, 15) is 4.79 Å². The lowest BCUT2D eigenvalue weighted by atomic mass is 10.1. The Bertz CT molecular complexity index is 572. The molecular formula is C14H18N2O2. The quantitative estimate of drug-likeness (QED) is 0.796. The molecule has 4 heteroatoms. The first-order valence-electron chi connectivity index (χ1n) is 6.07. The van der Waals surface area contributed by atoms with Crippen molar-refractivity contribution in [2.45, 2.75) is 13.8 Å². The first kappa shape index (κ1) is 12.6. The van der Waals surface area contributed by atoms with Crippen LogP contribution in [-0.2, 0) is 0 Å². The number of aromatic amines is 1. The second kappa shape index (κ2) is 5.23. The SMILES string of the molecule is CCNCC(=O)c1c[nH]c2c(C)cc(OC)cc12. The fourth-order valence-corrected chi connectivity index (χ4v) is 2.06. The molecule has 1 aromatic carbocycles. The molecule has 1 aromatic heterocycles. The molecule has 0 saturated carbocycles. The maximum absolute atomic E-state index is 12.1. The number of aryl methyl sites for hydroxylation is 1. The van der Waals surface area contributed by atoms with Crippen LogP contribution < -0.4 is 10.1 Å². The van der Waals surface area contributed by atoms with Gasteiger partial charge in [0.25, 0.3) is 0 Å². The number of ketones is 1. The van der Waals surface area contributed by atoms with Crippen molar-refractivity contribution in [3.8, 4) is 5.75 Å². The lowest BCUT2D eigenvalue weighted by molar-refractivity contribution is 0.0993. The number of hydrogen-bond acceptors (Lipinski definition) is 3. The number of nitrogens with one attached hydrogen (secondary N) is 2. The number of rotatable bonds is 5. The van der Waals surface area contributed by atoms with Crippen LogP contribution in [-0.4, -0.2) is 31.0 Å². The number of aromatic nitrogens is 1. The van der Waals surface area contributed by atoms with Crippen molar-refractivity contribution in [1.82, 2.24) is 10.3 Å². The molecule has 0 unspecified atom stereocenters. The van der Waals surface area contributed by atoms with E-state index >= 15 is 0 Å². The third-order valence-electron chi connectivity index (χ3n) is 3.03. The van der Waals surface area contributed by atoms with E-state index in [1.807, 2.05) is 26.0 Å². The van der Waals surface area contributed by atoms with Crippen LogP contribution in [0.2, 0.25) is 0 Å². The number of fused-ring (bicyclic) bond motifs is 1. The lowest BCUT2D eigenvalue weighted by Crippen LogP contribution is -2.22. The Hall–Kier alpha value is -1.81. The molecule has 0 atom stereocenters. The third-order valence-corrected chi connectivity index (χ3v) is 3.03. The first-order chi connectivity index (χ1) is 8.67. The van der Waals surface area contributed by atoms with Gasteiger partial charge in [-0.1, -0.05) is 6.92 Å². The van der Waals surface area contributed by atoms with Crippen LogP contribution in [0.1, 0.15) is 22.8 Å². The molecule has 1 heterocycles. The second-order valence-electron chi connectivity index (χ2n) is 4.27. The molecular weight excluding hydrogens is 228 g/mol. The maximum Gasteiger partial charge on any atom is 0.178 e. The monoisotopic (exact) mass is 246 g/mol. The third kappa shape index (κ3) is 2.24. The van der Waals surface area contributed by atoms with Crippen LogP contribution in [0.4, 0.5) is 0 Å². The summed E-state index contributed by atoms with van der Waals surface area (Å²) in [5.74, 6) is 0.868. The van der Waals surface area contributed by atoms with Gasteiger partial charge in [0.05, 0.1) is 13.7 Å². The van der Waals surface area contributed by atoms with Crippen molar-refractivity contribution in [2.75, 3.05) is 20.2 Å². The Morgan fingerprint density at radius 1 is 1.44 bits per heavy atom. The Balaban J connectivity index is 2.45. The molecule has 0 aliphatic rings. The van der Waals surface area contributed by atoms with Gasteiger partial charge >= 0.3 is 0 Å². The number of ether oxygens (including phenoxy) is 1. The number of methoxy groups -OCH3 is 1. The topological polar surface area (TPSA) is 54.1 Å². The Morgan fingerprint density at radius 3 is 2.89 bits per heavy atom. The van der Waals surface area contributed by atoms with Crippen LogP contribution in [0.15, 0.2) is 18.3 Å². The minimum Gasteiger partial charge on any atom is -0.497 e. The summed E-state index contributed by atoms with van der Waals surface area (Å²) in [5.41, 5.74) is 2.79. The molecule has 2 N–H and O–H groups in total.